The number of alkyl halides is 3. The zero-order valence-corrected chi connectivity index (χ0v) is 21.8. The number of thiazole rings is 1. The van der Waals surface area contributed by atoms with Crippen LogP contribution in [0.4, 0.5) is 13.2 Å². The Morgan fingerprint density at radius 3 is 2.49 bits per heavy atom. The van der Waals surface area contributed by atoms with Gasteiger partial charge in [-0.25, -0.2) is 13.4 Å². The first kappa shape index (κ1) is 27.9. The highest BCUT2D eigenvalue weighted by atomic mass is 35.5. The minimum Gasteiger partial charge on any atom is -0.389 e. The molecule has 1 unspecified atom stereocenters. The van der Waals surface area contributed by atoms with Gasteiger partial charge in [-0.15, -0.1) is 11.3 Å². The van der Waals surface area contributed by atoms with Crippen molar-refractivity contribution in [3.63, 3.8) is 0 Å². The van der Waals surface area contributed by atoms with Gasteiger partial charge < -0.3 is 10.4 Å². The number of amides is 1. The summed E-state index contributed by atoms with van der Waals surface area (Å²) >= 11 is 7.48. The molecule has 0 spiro atoms. The van der Waals surface area contributed by atoms with E-state index in [1.165, 1.54) is 12.1 Å². The number of halogens is 4. The average molecular weight is 554 g/mol. The maximum atomic E-state index is 12.8. The summed E-state index contributed by atoms with van der Waals surface area (Å²) in [5, 5.41) is 12.7. The number of nitrogens with one attached hydrogen (secondary N) is 2. The number of hydrogen-bond donors (Lipinski definition) is 3. The molecular formula is C22H27ClF3N3O4S2. The van der Waals surface area contributed by atoms with E-state index in [1.807, 2.05) is 0 Å². The van der Waals surface area contributed by atoms with Gasteiger partial charge in [0, 0.05) is 12.1 Å². The molecule has 1 saturated carbocycles. The standard InChI is InChI=1S/C22H27ClF3N3O4S2/c1-12(22(24,25)26)29-35(32,33)14-7-8-15(16(23)10-14)18-17(9-13-5-4-6-13)28-20(34-18)19(30)27-11-21(2,3)31/h7-8,10,12-13,29,31H,4-6,9,11H2,1-3H3,(H,27,30). The predicted octanol–water partition coefficient (Wildman–Crippen LogP) is 4.54. The lowest BCUT2D eigenvalue weighted by Gasteiger charge is -2.24. The summed E-state index contributed by atoms with van der Waals surface area (Å²) in [6, 6.07) is 1.40. The fourth-order valence-corrected chi connectivity index (χ4v) is 6.05. The van der Waals surface area contributed by atoms with E-state index in [0.717, 1.165) is 36.7 Å². The largest absolute Gasteiger partial charge is 0.404 e. The van der Waals surface area contributed by atoms with E-state index in [0.29, 0.717) is 35.4 Å². The molecule has 1 aromatic heterocycles. The first-order valence-electron chi connectivity index (χ1n) is 11.0. The van der Waals surface area contributed by atoms with E-state index in [1.54, 1.807) is 18.6 Å². The van der Waals surface area contributed by atoms with Crippen molar-refractivity contribution in [2.24, 2.45) is 5.92 Å². The highest BCUT2D eigenvalue weighted by molar-refractivity contribution is 7.89. The lowest BCUT2D eigenvalue weighted by molar-refractivity contribution is -0.147. The molecule has 13 heteroatoms. The van der Waals surface area contributed by atoms with Crippen molar-refractivity contribution in [2.75, 3.05) is 6.54 Å². The van der Waals surface area contributed by atoms with Crippen LogP contribution in [0.2, 0.25) is 5.02 Å². The Hall–Kier alpha value is -1.73. The van der Waals surface area contributed by atoms with Gasteiger partial charge in [-0.1, -0.05) is 36.9 Å². The Morgan fingerprint density at radius 1 is 1.31 bits per heavy atom. The molecule has 0 aliphatic heterocycles. The summed E-state index contributed by atoms with van der Waals surface area (Å²) < 4.78 is 65.0. The van der Waals surface area contributed by atoms with Crippen LogP contribution < -0.4 is 10.0 Å². The fourth-order valence-electron chi connectivity index (χ4n) is 3.35. The van der Waals surface area contributed by atoms with Crippen LogP contribution >= 0.6 is 22.9 Å². The summed E-state index contributed by atoms with van der Waals surface area (Å²) in [4.78, 5) is 17.3. The van der Waals surface area contributed by atoms with Crippen LogP contribution in [-0.2, 0) is 16.4 Å². The van der Waals surface area contributed by atoms with Crippen molar-refractivity contribution in [1.82, 2.24) is 15.0 Å². The molecule has 1 aromatic carbocycles. The molecule has 2 aromatic rings. The Bertz CT molecular complexity index is 1190. The number of hydrogen-bond acceptors (Lipinski definition) is 6. The number of carbonyl (C=O) groups is 1. The van der Waals surface area contributed by atoms with Crippen molar-refractivity contribution in [3.05, 3.63) is 33.9 Å². The van der Waals surface area contributed by atoms with Crippen molar-refractivity contribution in [2.45, 2.75) is 69.2 Å². The zero-order chi connectivity index (χ0) is 26.2. The molecular weight excluding hydrogens is 527 g/mol. The number of rotatable bonds is 9. The smallest absolute Gasteiger partial charge is 0.389 e. The van der Waals surface area contributed by atoms with Crippen LogP contribution in [0.25, 0.3) is 10.4 Å². The monoisotopic (exact) mass is 553 g/mol. The number of benzene rings is 1. The molecule has 1 fully saturated rings. The third-order valence-electron chi connectivity index (χ3n) is 5.60. The van der Waals surface area contributed by atoms with Gasteiger partial charge in [-0.2, -0.15) is 17.9 Å². The lowest BCUT2D eigenvalue weighted by atomic mass is 9.82. The van der Waals surface area contributed by atoms with Crippen LogP contribution in [0.5, 0.6) is 0 Å². The SMILES string of the molecule is CC(NS(=O)(=O)c1ccc(-c2sc(C(=O)NCC(C)(C)O)nc2CC2CCC2)c(Cl)c1)C(F)(F)F. The van der Waals surface area contributed by atoms with Gasteiger partial charge in [0.25, 0.3) is 5.91 Å². The molecule has 0 bridgehead atoms. The molecule has 0 saturated heterocycles. The van der Waals surface area contributed by atoms with Gasteiger partial charge in [0.1, 0.15) is 6.04 Å². The molecule has 7 nitrogen and oxygen atoms in total. The van der Waals surface area contributed by atoms with Crippen LogP contribution in [-0.4, -0.2) is 48.8 Å². The second kappa shape index (κ2) is 10.3. The maximum Gasteiger partial charge on any atom is 0.404 e. The minimum absolute atomic E-state index is 0.00879. The maximum absolute atomic E-state index is 12.8. The van der Waals surface area contributed by atoms with Crippen molar-refractivity contribution >= 4 is 38.9 Å². The molecule has 35 heavy (non-hydrogen) atoms. The van der Waals surface area contributed by atoms with Gasteiger partial charge in [0.2, 0.25) is 10.0 Å². The first-order valence-corrected chi connectivity index (χ1v) is 13.6. The van der Waals surface area contributed by atoms with Gasteiger partial charge >= 0.3 is 6.18 Å². The molecule has 3 rings (SSSR count). The highest BCUT2D eigenvalue weighted by Crippen LogP contribution is 2.40. The Labute approximate surface area is 211 Å². The number of nitrogens with zero attached hydrogens (tertiary/aromatic N) is 1. The zero-order valence-electron chi connectivity index (χ0n) is 19.4. The number of carbonyl (C=O) groups excluding carboxylic acids is 1. The van der Waals surface area contributed by atoms with Gasteiger partial charge in [-0.3, -0.25) is 4.79 Å². The van der Waals surface area contributed by atoms with Crippen molar-refractivity contribution in [3.8, 4) is 10.4 Å². The fraction of sp³-hybridized carbons (Fsp3) is 0.545. The number of sulfonamides is 1. The topological polar surface area (TPSA) is 108 Å². The summed E-state index contributed by atoms with van der Waals surface area (Å²) in [6.45, 7) is 3.85. The molecule has 1 heterocycles. The molecule has 1 atom stereocenters. The van der Waals surface area contributed by atoms with E-state index in [4.69, 9.17) is 11.6 Å². The van der Waals surface area contributed by atoms with E-state index < -0.39 is 38.6 Å². The second-order valence-corrected chi connectivity index (χ2v) is 12.4. The van der Waals surface area contributed by atoms with Gasteiger partial charge in [0.15, 0.2) is 5.01 Å². The quantitative estimate of drug-likeness (QED) is 0.422. The number of aromatic nitrogens is 1. The second-order valence-electron chi connectivity index (χ2n) is 9.32. The van der Waals surface area contributed by atoms with Crippen LogP contribution in [0.15, 0.2) is 23.1 Å². The van der Waals surface area contributed by atoms with Crippen LogP contribution in [0, 0.1) is 5.92 Å². The van der Waals surface area contributed by atoms with Gasteiger partial charge in [-0.05, 0) is 45.2 Å². The first-order chi connectivity index (χ1) is 16.1. The molecule has 0 radical (unpaired) electrons. The highest BCUT2D eigenvalue weighted by Gasteiger charge is 2.39. The summed E-state index contributed by atoms with van der Waals surface area (Å²) in [7, 11) is -4.47. The van der Waals surface area contributed by atoms with E-state index in [-0.39, 0.29) is 16.6 Å². The Balaban J connectivity index is 1.92. The van der Waals surface area contributed by atoms with Gasteiger partial charge in [0.05, 0.1) is 26.1 Å². The lowest BCUT2D eigenvalue weighted by Crippen LogP contribution is -2.42. The molecule has 3 N–H and O–H groups in total. The van der Waals surface area contributed by atoms with E-state index >= 15 is 0 Å². The Morgan fingerprint density at radius 2 is 1.97 bits per heavy atom. The molecule has 1 amide bonds. The summed E-state index contributed by atoms with van der Waals surface area (Å²) in [5.74, 6) is -0.0477. The van der Waals surface area contributed by atoms with E-state index in [2.05, 4.69) is 10.3 Å². The summed E-state index contributed by atoms with van der Waals surface area (Å²) in [5.41, 5.74) is -0.0236. The Kier molecular flexibility index (Phi) is 8.22. The predicted molar refractivity (Wildman–Crippen MR) is 128 cm³/mol. The van der Waals surface area contributed by atoms with Crippen molar-refractivity contribution < 1.29 is 31.5 Å². The third-order valence-corrected chi connectivity index (χ3v) is 8.58. The van der Waals surface area contributed by atoms with E-state index in [9.17, 15) is 31.5 Å². The molecule has 1 aliphatic rings. The van der Waals surface area contributed by atoms with Crippen molar-refractivity contribution in [1.29, 1.82) is 0 Å². The third kappa shape index (κ3) is 7.16. The molecule has 194 valence electrons. The average Bonchev–Trinajstić information content (AvgIpc) is 3.11. The number of aliphatic hydroxyl groups is 1. The van der Waals surface area contributed by atoms with Crippen LogP contribution in [0.3, 0.4) is 0 Å². The minimum atomic E-state index is -4.74. The van der Waals surface area contributed by atoms with Crippen LogP contribution in [0.1, 0.15) is 55.5 Å². The summed E-state index contributed by atoms with van der Waals surface area (Å²) in [6.07, 6.45) is -0.945. The normalized spacial score (nSPS) is 16.1. The molecule has 1 aliphatic carbocycles.